The standard InChI is InChI=1S/C17H20FNO/c1-3-19-17(14-9-5-4-6-10-14)13(2)20-16-12-8-7-11-15(16)18/h4-13,17,19H,3H2,1-2H3. The van der Waals surface area contributed by atoms with Crippen molar-refractivity contribution in [3.05, 3.63) is 66.0 Å². The minimum atomic E-state index is -0.331. The Morgan fingerprint density at radius 2 is 1.70 bits per heavy atom. The zero-order chi connectivity index (χ0) is 14.4. The fourth-order valence-electron chi connectivity index (χ4n) is 2.24. The summed E-state index contributed by atoms with van der Waals surface area (Å²) >= 11 is 0. The molecule has 0 aliphatic rings. The Morgan fingerprint density at radius 3 is 2.35 bits per heavy atom. The largest absolute Gasteiger partial charge is 0.486 e. The first kappa shape index (κ1) is 14.5. The molecule has 1 N–H and O–H groups in total. The van der Waals surface area contributed by atoms with Crippen molar-refractivity contribution in [3.8, 4) is 5.75 Å². The van der Waals surface area contributed by atoms with Crippen LogP contribution in [0, 0.1) is 5.82 Å². The lowest BCUT2D eigenvalue weighted by atomic mass is 10.0. The molecule has 0 aliphatic heterocycles. The van der Waals surface area contributed by atoms with Crippen LogP contribution in [0.25, 0.3) is 0 Å². The third kappa shape index (κ3) is 3.58. The van der Waals surface area contributed by atoms with E-state index in [0.29, 0.717) is 5.75 Å². The maximum absolute atomic E-state index is 13.7. The van der Waals surface area contributed by atoms with Gasteiger partial charge in [0.2, 0.25) is 0 Å². The molecule has 0 aromatic heterocycles. The van der Waals surface area contributed by atoms with Crippen molar-refractivity contribution in [1.29, 1.82) is 0 Å². The van der Waals surface area contributed by atoms with Crippen LogP contribution in [0.3, 0.4) is 0 Å². The number of ether oxygens (including phenoxy) is 1. The molecule has 2 atom stereocenters. The summed E-state index contributed by atoms with van der Waals surface area (Å²) < 4.78 is 19.4. The second-order valence-corrected chi connectivity index (χ2v) is 4.70. The van der Waals surface area contributed by atoms with Gasteiger partial charge in [-0.1, -0.05) is 49.4 Å². The molecule has 2 rings (SSSR count). The number of likely N-dealkylation sites (N-methyl/N-ethyl adjacent to an activating group) is 1. The van der Waals surface area contributed by atoms with Gasteiger partial charge in [0.1, 0.15) is 6.10 Å². The highest BCUT2D eigenvalue weighted by Crippen LogP contribution is 2.23. The SMILES string of the molecule is CCNC(c1ccccc1)C(C)Oc1ccccc1F. The molecule has 2 aromatic rings. The van der Waals surface area contributed by atoms with Gasteiger partial charge in [-0.15, -0.1) is 0 Å². The zero-order valence-corrected chi connectivity index (χ0v) is 11.8. The minimum absolute atomic E-state index is 0.0285. The van der Waals surface area contributed by atoms with Crippen molar-refractivity contribution < 1.29 is 9.13 Å². The third-order valence-corrected chi connectivity index (χ3v) is 3.20. The second-order valence-electron chi connectivity index (χ2n) is 4.70. The summed E-state index contributed by atoms with van der Waals surface area (Å²) in [6.45, 7) is 4.82. The van der Waals surface area contributed by atoms with E-state index < -0.39 is 0 Å². The van der Waals surface area contributed by atoms with Crippen molar-refractivity contribution in [2.45, 2.75) is 26.0 Å². The van der Waals surface area contributed by atoms with E-state index in [9.17, 15) is 4.39 Å². The van der Waals surface area contributed by atoms with Crippen LogP contribution in [-0.4, -0.2) is 12.6 Å². The maximum atomic E-state index is 13.7. The quantitative estimate of drug-likeness (QED) is 0.860. The van der Waals surface area contributed by atoms with Crippen molar-refractivity contribution in [1.82, 2.24) is 5.32 Å². The first-order valence-corrected chi connectivity index (χ1v) is 6.92. The molecule has 2 nitrogen and oxygen atoms in total. The summed E-state index contributed by atoms with van der Waals surface area (Å²) in [6.07, 6.45) is -0.172. The fraction of sp³-hybridized carbons (Fsp3) is 0.294. The molecule has 2 unspecified atom stereocenters. The van der Waals surface area contributed by atoms with Crippen molar-refractivity contribution in [2.75, 3.05) is 6.54 Å². The number of para-hydroxylation sites is 1. The van der Waals surface area contributed by atoms with Gasteiger partial charge in [0.25, 0.3) is 0 Å². The molecule has 3 heteroatoms. The maximum Gasteiger partial charge on any atom is 0.165 e. The Bertz CT molecular complexity index is 530. The Kier molecular flexibility index (Phi) is 5.13. The predicted molar refractivity (Wildman–Crippen MR) is 79.3 cm³/mol. The molecule has 0 saturated heterocycles. The molecule has 0 heterocycles. The van der Waals surface area contributed by atoms with Gasteiger partial charge in [-0.2, -0.15) is 0 Å². The minimum Gasteiger partial charge on any atom is -0.486 e. The van der Waals surface area contributed by atoms with Gasteiger partial charge >= 0.3 is 0 Å². The summed E-state index contributed by atoms with van der Waals surface area (Å²) in [5, 5.41) is 3.39. The van der Waals surface area contributed by atoms with Gasteiger partial charge in [0.05, 0.1) is 6.04 Å². The van der Waals surface area contributed by atoms with Crippen molar-refractivity contribution in [2.24, 2.45) is 0 Å². The van der Waals surface area contributed by atoms with E-state index in [2.05, 4.69) is 17.4 Å². The molecular formula is C17H20FNO. The van der Waals surface area contributed by atoms with Crippen LogP contribution in [-0.2, 0) is 0 Å². The van der Waals surface area contributed by atoms with Gasteiger partial charge in [-0.25, -0.2) is 4.39 Å². The highest BCUT2D eigenvalue weighted by atomic mass is 19.1. The smallest absolute Gasteiger partial charge is 0.165 e. The number of hydrogen-bond donors (Lipinski definition) is 1. The molecule has 0 aliphatic carbocycles. The number of hydrogen-bond acceptors (Lipinski definition) is 2. The van der Waals surface area contributed by atoms with Crippen LogP contribution in [0.5, 0.6) is 5.75 Å². The molecule has 106 valence electrons. The van der Waals surface area contributed by atoms with E-state index >= 15 is 0 Å². The van der Waals surface area contributed by atoms with Crippen molar-refractivity contribution in [3.63, 3.8) is 0 Å². The summed E-state index contributed by atoms with van der Waals surface area (Å²) in [7, 11) is 0. The van der Waals surface area contributed by atoms with Crippen LogP contribution in [0.15, 0.2) is 54.6 Å². The highest BCUT2D eigenvalue weighted by molar-refractivity contribution is 5.25. The van der Waals surface area contributed by atoms with Gasteiger partial charge in [0.15, 0.2) is 11.6 Å². The van der Waals surface area contributed by atoms with Gasteiger partial charge in [-0.3, -0.25) is 0 Å². The Labute approximate surface area is 119 Å². The van der Waals surface area contributed by atoms with E-state index in [1.807, 2.05) is 32.0 Å². The summed E-state index contributed by atoms with van der Waals surface area (Å²) in [5.74, 6) is -0.0403. The Balaban J connectivity index is 2.16. The van der Waals surface area contributed by atoms with Gasteiger partial charge < -0.3 is 10.1 Å². The Hall–Kier alpha value is -1.87. The average molecular weight is 273 g/mol. The molecular weight excluding hydrogens is 253 g/mol. The van der Waals surface area contributed by atoms with E-state index in [-0.39, 0.29) is 18.0 Å². The normalized spacial score (nSPS) is 13.8. The molecule has 2 aromatic carbocycles. The molecule has 0 spiro atoms. The Morgan fingerprint density at radius 1 is 1.05 bits per heavy atom. The monoisotopic (exact) mass is 273 g/mol. The van der Waals surface area contributed by atoms with E-state index in [1.165, 1.54) is 6.07 Å². The van der Waals surface area contributed by atoms with E-state index in [4.69, 9.17) is 4.74 Å². The fourth-order valence-corrected chi connectivity index (χ4v) is 2.24. The first-order valence-electron chi connectivity index (χ1n) is 6.92. The highest BCUT2D eigenvalue weighted by Gasteiger charge is 2.20. The van der Waals surface area contributed by atoms with Crippen LogP contribution in [0.2, 0.25) is 0 Å². The molecule has 20 heavy (non-hydrogen) atoms. The van der Waals surface area contributed by atoms with Gasteiger partial charge in [-0.05, 0) is 31.2 Å². The lowest BCUT2D eigenvalue weighted by Gasteiger charge is -2.26. The zero-order valence-electron chi connectivity index (χ0n) is 11.8. The molecule has 0 amide bonds. The topological polar surface area (TPSA) is 21.3 Å². The lowest BCUT2D eigenvalue weighted by Crippen LogP contribution is -2.33. The number of nitrogens with one attached hydrogen (secondary N) is 1. The average Bonchev–Trinajstić information content (AvgIpc) is 2.48. The van der Waals surface area contributed by atoms with E-state index in [1.54, 1.807) is 18.2 Å². The van der Waals surface area contributed by atoms with Crippen molar-refractivity contribution >= 4 is 0 Å². The second kappa shape index (κ2) is 7.06. The predicted octanol–water partition coefficient (Wildman–Crippen LogP) is 3.94. The lowest BCUT2D eigenvalue weighted by molar-refractivity contribution is 0.165. The number of benzene rings is 2. The van der Waals surface area contributed by atoms with E-state index in [0.717, 1.165) is 12.1 Å². The third-order valence-electron chi connectivity index (χ3n) is 3.20. The molecule has 0 fully saturated rings. The van der Waals surface area contributed by atoms with Crippen LogP contribution < -0.4 is 10.1 Å². The number of rotatable bonds is 6. The van der Waals surface area contributed by atoms with Crippen LogP contribution >= 0.6 is 0 Å². The summed E-state index contributed by atoms with van der Waals surface area (Å²) in [4.78, 5) is 0. The molecule has 0 radical (unpaired) electrons. The molecule has 0 bridgehead atoms. The molecule has 0 saturated carbocycles. The van der Waals surface area contributed by atoms with Crippen LogP contribution in [0.4, 0.5) is 4.39 Å². The summed E-state index contributed by atoms with van der Waals surface area (Å²) in [6, 6.07) is 16.6. The van der Waals surface area contributed by atoms with Crippen LogP contribution in [0.1, 0.15) is 25.5 Å². The number of halogens is 1. The first-order chi connectivity index (χ1) is 9.72. The summed E-state index contributed by atoms with van der Waals surface area (Å²) in [5.41, 5.74) is 1.14. The van der Waals surface area contributed by atoms with Gasteiger partial charge in [0, 0.05) is 0 Å².